The van der Waals surface area contributed by atoms with Gasteiger partial charge in [0.2, 0.25) is 0 Å². The Balaban J connectivity index is 1.96. The van der Waals surface area contributed by atoms with E-state index < -0.39 is 5.54 Å². The van der Waals surface area contributed by atoms with Gasteiger partial charge in [0, 0.05) is 29.7 Å². The predicted molar refractivity (Wildman–Crippen MR) is 96.1 cm³/mol. The van der Waals surface area contributed by atoms with Crippen molar-refractivity contribution in [3.05, 3.63) is 77.3 Å². The Morgan fingerprint density at radius 3 is 2.36 bits per heavy atom. The lowest BCUT2D eigenvalue weighted by Gasteiger charge is -2.25. The van der Waals surface area contributed by atoms with Crippen LogP contribution in [0.4, 0.5) is 5.69 Å². The first kappa shape index (κ1) is 16.6. The van der Waals surface area contributed by atoms with E-state index in [2.05, 4.69) is 15.4 Å². The van der Waals surface area contributed by atoms with Crippen LogP contribution in [0, 0.1) is 0 Å². The molecule has 0 saturated carbocycles. The molecule has 2 aromatic heterocycles. The maximum atomic E-state index is 12.7. The molecular formula is C19H18N4O2. The van der Waals surface area contributed by atoms with E-state index in [1.54, 1.807) is 44.4 Å². The minimum Gasteiger partial charge on any atom is -0.324 e. The number of rotatable bonds is 4. The number of nitrogens with zero attached hydrogens (tertiary/aromatic N) is 3. The van der Waals surface area contributed by atoms with Gasteiger partial charge in [0.05, 0.1) is 5.69 Å². The number of nitrogens with one attached hydrogen (secondary N) is 1. The second kappa shape index (κ2) is 6.68. The molecule has 0 aliphatic heterocycles. The molecular weight excluding hydrogens is 316 g/mol. The Morgan fingerprint density at radius 1 is 1.00 bits per heavy atom. The summed E-state index contributed by atoms with van der Waals surface area (Å²) in [7, 11) is 0. The third-order valence-electron chi connectivity index (χ3n) is 3.89. The van der Waals surface area contributed by atoms with Gasteiger partial charge in [0.1, 0.15) is 5.54 Å². The van der Waals surface area contributed by atoms with Gasteiger partial charge in [-0.1, -0.05) is 30.3 Å². The van der Waals surface area contributed by atoms with Gasteiger partial charge in [-0.3, -0.25) is 14.6 Å². The fourth-order valence-electron chi connectivity index (χ4n) is 2.39. The summed E-state index contributed by atoms with van der Waals surface area (Å²) in [5.41, 5.74) is 0.618. The van der Waals surface area contributed by atoms with Crippen molar-refractivity contribution in [1.29, 1.82) is 0 Å². The molecule has 0 unspecified atom stereocenters. The van der Waals surface area contributed by atoms with Crippen LogP contribution in [0.1, 0.15) is 13.8 Å². The molecule has 0 aliphatic rings. The van der Waals surface area contributed by atoms with Crippen LogP contribution in [-0.2, 0) is 10.3 Å². The van der Waals surface area contributed by atoms with Gasteiger partial charge >= 0.3 is 0 Å². The van der Waals surface area contributed by atoms with Crippen LogP contribution in [0.2, 0.25) is 0 Å². The molecule has 0 spiro atoms. The number of hydrogen-bond acceptors (Lipinski definition) is 4. The van der Waals surface area contributed by atoms with E-state index >= 15 is 0 Å². The Labute approximate surface area is 145 Å². The lowest BCUT2D eigenvalue weighted by atomic mass is 10.0. The van der Waals surface area contributed by atoms with Crippen molar-refractivity contribution in [2.45, 2.75) is 19.4 Å². The number of hydrogen-bond donors (Lipinski definition) is 1. The fourth-order valence-corrected chi connectivity index (χ4v) is 2.39. The molecule has 2 heterocycles. The second-order valence-corrected chi connectivity index (χ2v) is 6.08. The van der Waals surface area contributed by atoms with E-state index in [1.165, 1.54) is 10.7 Å². The molecule has 1 aromatic carbocycles. The van der Waals surface area contributed by atoms with Crippen molar-refractivity contribution < 1.29 is 4.79 Å². The highest BCUT2D eigenvalue weighted by Crippen LogP contribution is 2.19. The van der Waals surface area contributed by atoms with Crippen molar-refractivity contribution in [1.82, 2.24) is 14.8 Å². The van der Waals surface area contributed by atoms with E-state index in [4.69, 9.17) is 0 Å². The van der Waals surface area contributed by atoms with E-state index in [0.29, 0.717) is 11.4 Å². The summed E-state index contributed by atoms with van der Waals surface area (Å²) >= 11 is 0. The Kier molecular flexibility index (Phi) is 4.43. The van der Waals surface area contributed by atoms with Crippen LogP contribution < -0.4 is 10.9 Å². The third kappa shape index (κ3) is 3.47. The number of benzene rings is 1. The molecule has 126 valence electrons. The van der Waals surface area contributed by atoms with Crippen molar-refractivity contribution >= 4 is 11.6 Å². The molecule has 6 nitrogen and oxygen atoms in total. The number of pyridine rings is 1. The molecule has 1 amide bonds. The summed E-state index contributed by atoms with van der Waals surface area (Å²) < 4.78 is 1.21. The molecule has 1 N–H and O–H groups in total. The van der Waals surface area contributed by atoms with Gasteiger partial charge in [-0.2, -0.15) is 5.10 Å². The molecule has 3 rings (SSSR count). The van der Waals surface area contributed by atoms with Crippen LogP contribution in [0.25, 0.3) is 11.3 Å². The van der Waals surface area contributed by atoms with Gasteiger partial charge < -0.3 is 5.32 Å². The van der Waals surface area contributed by atoms with Gasteiger partial charge in [-0.25, -0.2) is 4.68 Å². The first-order valence-electron chi connectivity index (χ1n) is 7.86. The number of anilines is 1. The normalized spacial score (nSPS) is 11.1. The smallest absolute Gasteiger partial charge is 0.267 e. The minimum atomic E-state index is -1.16. The summed E-state index contributed by atoms with van der Waals surface area (Å²) in [6, 6.07) is 16.0. The van der Waals surface area contributed by atoms with E-state index in [-0.39, 0.29) is 11.5 Å². The molecule has 6 heteroatoms. The fraction of sp³-hybridized carbons (Fsp3) is 0.158. The molecule has 0 saturated heterocycles. The second-order valence-electron chi connectivity index (χ2n) is 6.08. The molecule has 0 aliphatic carbocycles. The van der Waals surface area contributed by atoms with E-state index in [0.717, 1.165) is 5.56 Å². The predicted octanol–water partition coefficient (Wildman–Crippen LogP) is 2.68. The molecule has 0 bridgehead atoms. The van der Waals surface area contributed by atoms with Crippen LogP contribution in [0.15, 0.2) is 71.8 Å². The zero-order valence-corrected chi connectivity index (χ0v) is 14.0. The lowest BCUT2D eigenvalue weighted by molar-refractivity contribution is -0.123. The highest BCUT2D eigenvalue weighted by atomic mass is 16.2. The maximum absolute atomic E-state index is 12.7. The van der Waals surface area contributed by atoms with Gasteiger partial charge in [-0.15, -0.1) is 0 Å². The van der Waals surface area contributed by atoms with Crippen molar-refractivity contribution in [3.63, 3.8) is 0 Å². The number of carbonyl (C=O) groups excluding carboxylic acids is 1. The standard InChI is InChI=1S/C19H18N4O2/c1-19(2,18(25)21-15-10-12-20-13-11-15)23-17(24)9-8-16(22-23)14-6-4-3-5-7-14/h3-13H,1-2H3,(H,20,21,25). The molecule has 25 heavy (non-hydrogen) atoms. The largest absolute Gasteiger partial charge is 0.324 e. The van der Waals surface area contributed by atoms with E-state index in [1.807, 2.05) is 30.3 Å². The summed E-state index contributed by atoms with van der Waals surface area (Å²) in [4.78, 5) is 28.9. The SMILES string of the molecule is CC(C)(C(=O)Nc1ccncc1)n1nc(-c2ccccc2)ccc1=O. The Morgan fingerprint density at radius 2 is 1.68 bits per heavy atom. The molecule has 0 fully saturated rings. The topological polar surface area (TPSA) is 76.9 Å². The minimum absolute atomic E-state index is 0.335. The molecule has 0 radical (unpaired) electrons. The van der Waals surface area contributed by atoms with Crippen LogP contribution in [-0.4, -0.2) is 20.7 Å². The summed E-state index contributed by atoms with van der Waals surface area (Å²) in [5.74, 6) is -0.335. The van der Waals surface area contributed by atoms with Crippen molar-refractivity contribution in [2.75, 3.05) is 5.32 Å². The number of carbonyl (C=O) groups is 1. The van der Waals surface area contributed by atoms with Crippen LogP contribution in [0.3, 0.4) is 0 Å². The summed E-state index contributed by atoms with van der Waals surface area (Å²) in [6.45, 7) is 3.32. The van der Waals surface area contributed by atoms with Crippen molar-refractivity contribution in [3.8, 4) is 11.3 Å². The Bertz CT molecular complexity index is 934. The van der Waals surface area contributed by atoms with Crippen molar-refractivity contribution in [2.24, 2.45) is 0 Å². The third-order valence-corrected chi connectivity index (χ3v) is 3.89. The quantitative estimate of drug-likeness (QED) is 0.796. The zero-order valence-electron chi connectivity index (χ0n) is 14.0. The maximum Gasteiger partial charge on any atom is 0.267 e. The number of aromatic nitrogens is 3. The first-order valence-corrected chi connectivity index (χ1v) is 7.86. The Hall–Kier alpha value is -3.28. The summed E-state index contributed by atoms with van der Waals surface area (Å²) in [5, 5.41) is 7.20. The van der Waals surface area contributed by atoms with Gasteiger partial charge in [0.25, 0.3) is 11.5 Å². The first-order chi connectivity index (χ1) is 12.0. The van der Waals surface area contributed by atoms with Crippen LogP contribution in [0.5, 0.6) is 0 Å². The highest BCUT2D eigenvalue weighted by Gasteiger charge is 2.32. The lowest BCUT2D eigenvalue weighted by Crippen LogP contribution is -2.47. The average molecular weight is 334 g/mol. The molecule has 3 aromatic rings. The highest BCUT2D eigenvalue weighted by molar-refractivity contribution is 5.95. The number of amides is 1. The van der Waals surface area contributed by atoms with Gasteiger partial charge in [0.15, 0.2) is 0 Å². The summed E-state index contributed by atoms with van der Waals surface area (Å²) in [6.07, 6.45) is 3.17. The molecule has 0 atom stereocenters. The monoisotopic (exact) mass is 334 g/mol. The van der Waals surface area contributed by atoms with Crippen LogP contribution >= 0.6 is 0 Å². The van der Waals surface area contributed by atoms with Gasteiger partial charge in [-0.05, 0) is 32.0 Å². The zero-order chi connectivity index (χ0) is 17.9. The average Bonchev–Trinajstić information content (AvgIpc) is 2.63. The van der Waals surface area contributed by atoms with E-state index in [9.17, 15) is 9.59 Å².